The van der Waals surface area contributed by atoms with Crippen LogP contribution in [0.5, 0.6) is 5.75 Å². The van der Waals surface area contributed by atoms with Crippen LogP contribution in [0.2, 0.25) is 0 Å². The highest BCUT2D eigenvalue weighted by atomic mass is 19.1. The smallest absolute Gasteiger partial charge is 0.257 e. The molecule has 1 heterocycles. The Kier molecular flexibility index (Phi) is 6.29. The minimum Gasteiger partial charge on any atom is -0.481 e. The van der Waals surface area contributed by atoms with Crippen LogP contribution < -0.4 is 10.1 Å². The van der Waals surface area contributed by atoms with Gasteiger partial charge in [-0.05, 0) is 26.1 Å². The molecule has 0 aromatic heterocycles. The van der Waals surface area contributed by atoms with Crippen molar-refractivity contribution >= 4 is 5.91 Å². The third-order valence-corrected chi connectivity index (χ3v) is 4.01. The summed E-state index contributed by atoms with van der Waals surface area (Å²) in [5.74, 6) is -1.95. The van der Waals surface area contributed by atoms with Crippen LogP contribution in [-0.4, -0.2) is 68.1 Å². The summed E-state index contributed by atoms with van der Waals surface area (Å²) in [7, 11) is 2.09. The zero-order valence-electron chi connectivity index (χ0n) is 13.5. The lowest BCUT2D eigenvalue weighted by molar-refractivity contribution is -0.123. The minimum atomic E-state index is -0.816. The van der Waals surface area contributed by atoms with Gasteiger partial charge in [-0.3, -0.25) is 9.69 Å². The van der Waals surface area contributed by atoms with E-state index in [1.807, 2.05) is 0 Å². The van der Waals surface area contributed by atoms with Gasteiger partial charge in [0.15, 0.2) is 18.2 Å². The van der Waals surface area contributed by atoms with Crippen molar-refractivity contribution in [2.24, 2.45) is 0 Å². The first-order chi connectivity index (χ1) is 11.0. The molecule has 1 aromatic carbocycles. The van der Waals surface area contributed by atoms with Gasteiger partial charge in [-0.15, -0.1) is 0 Å². The number of amides is 1. The molecule has 1 N–H and O–H groups in total. The van der Waals surface area contributed by atoms with Gasteiger partial charge in [0.05, 0.1) is 0 Å². The van der Waals surface area contributed by atoms with Crippen LogP contribution >= 0.6 is 0 Å². The number of carbonyl (C=O) groups is 1. The Hall–Kier alpha value is -1.73. The molecular weight excluding hydrogens is 304 g/mol. The van der Waals surface area contributed by atoms with Crippen molar-refractivity contribution < 1.29 is 18.3 Å². The fraction of sp³-hybridized carbons (Fsp3) is 0.562. The molecule has 23 heavy (non-hydrogen) atoms. The number of nitrogens with zero attached hydrogens (tertiary/aromatic N) is 2. The van der Waals surface area contributed by atoms with Gasteiger partial charge in [-0.1, -0.05) is 0 Å². The Balaban J connectivity index is 1.70. The van der Waals surface area contributed by atoms with Crippen molar-refractivity contribution in [3.8, 4) is 5.75 Å². The van der Waals surface area contributed by atoms with E-state index in [-0.39, 0.29) is 24.3 Å². The summed E-state index contributed by atoms with van der Waals surface area (Å²) in [4.78, 5) is 16.4. The average molecular weight is 327 g/mol. The van der Waals surface area contributed by atoms with E-state index in [1.54, 1.807) is 0 Å². The van der Waals surface area contributed by atoms with Crippen molar-refractivity contribution in [3.63, 3.8) is 0 Å². The van der Waals surface area contributed by atoms with Crippen LogP contribution in [0, 0.1) is 11.6 Å². The third kappa shape index (κ3) is 5.44. The Morgan fingerprint density at radius 2 is 2.00 bits per heavy atom. The molecule has 1 fully saturated rings. The zero-order chi connectivity index (χ0) is 16.8. The van der Waals surface area contributed by atoms with Crippen molar-refractivity contribution in [2.75, 3.05) is 46.4 Å². The minimum absolute atomic E-state index is 0.131. The van der Waals surface area contributed by atoms with Crippen molar-refractivity contribution in [3.05, 3.63) is 29.8 Å². The summed E-state index contributed by atoms with van der Waals surface area (Å²) in [6.07, 6.45) is 0. The highest BCUT2D eigenvalue weighted by Gasteiger charge is 2.19. The predicted octanol–water partition coefficient (Wildman–Crippen LogP) is 1.10. The van der Waals surface area contributed by atoms with Crippen LogP contribution in [-0.2, 0) is 4.79 Å². The number of hydrogen-bond donors (Lipinski definition) is 1. The number of halogens is 2. The first kappa shape index (κ1) is 17.6. The lowest BCUT2D eigenvalue weighted by atomic mass is 10.2. The quantitative estimate of drug-likeness (QED) is 0.850. The predicted molar refractivity (Wildman–Crippen MR) is 83.4 cm³/mol. The van der Waals surface area contributed by atoms with Gasteiger partial charge in [-0.2, -0.15) is 0 Å². The molecule has 1 saturated heterocycles. The molecule has 0 unspecified atom stereocenters. The van der Waals surface area contributed by atoms with Crippen LogP contribution in [0.15, 0.2) is 18.2 Å². The first-order valence-corrected chi connectivity index (χ1v) is 7.73. The fourth-order valence-electron chi connectivity index (χ4n) is 2.44. The molecule has 1 atom stereocenters. The molecule has 7 heteroatoms. The van der Waals surface area contributed by atoms with Crippen molar-refractivity contribution in [1.82, 2.24) is 15.1 Å². The zero-order valence-corrected chi connectivity index (χ0v) is 13.5. The van der Waals surface area contributed by atoms with Crippen LogP contribution in [0.3, 0.4) is 0 Å². The van der Waals surface area contributed by atoms with Crippen LogP contribution in [0.4, 0.5) is 8.78 Å². The molecule has 0 aliphatic carbocycles. The summed E-state index contributed by atoms with van der Waals surface area (Å²) in [5, 5.41) is 2.78. The molecule has 2 rings (SSSR count). The van der Waals surface area contributed by atoms with Gasteiger partial charge in [-0.25, -0.2) is 8.78 Å². The van der Waals surface area contributed by atoms with Gasteiger partial charge >= 0.3 is 0 Å². The molecule has 0 saturated carbocycles. The molecular formula is C16H23F2N3O2. The number of benzene rings is 1. The van der Waals surface area contributed by atoms with E-state index < -0.39 is 11.6 Å². The normalized spacial score (nSPS) is 17.7. The van der Waals surface area contributed by atoms with E-state index in [0.717, 1.165) is 38.3 Å². The second kappa shape index (κ2) is 8.21. The molecule has 0 radical (unpaired) electrons. The van der Waals surface area contributed by atoms with Crippen LogP contribution in [0.1, 0.15) is 6.92 Å². The summed E-state index contributed by atoms with van der Waals surface area (Å²) >= 11 is 0. The highest BCUT2D eigenvalue weighted by molar-refractivity contribution is 5.77. The number of likely N-dealkylation sites (N-methyl/N-ethyl adjacent to an activating group) is 1. The summed E-state index contributed by atoms with van der Waals surface area (Å²) in [6, 6.07) is 3.22. The average Bonchev–Trinajstić information content (AvgIpc) is 2.52. The molecule has 1 aliphatic rings. The number of rotatable bonds is 6. The second-order valence-corrected chi connectivity index (χ2v) is 5.86. The summed E-state index contributed by atoms with van der Waals surface area (Å²) in [6.45, 7) is 6.27. The van der Waals surface area contributed by atoms with Crippen molar-refractivity contribution in [1.29, 1.82) is 0 Å². The van der Waals surface area contributed by atoms with Crippen LogP contribution in [0.25, 0.3) is 0 Å². The number of carbonyl (C=O) groups excluding carboxylic acids is 1. The van der Waals surface area contributed by atoms with Gasteiger partial charge in [0, 0.05) is 44.8 Å². The number of ether oxygens (including phenoxy) is 1. The van der Waals surface area contributed by atoms with E-state index in [4.69, 9.17) is 4.74 Å². The lowest BCUT2D eigenvalue weighted by Gasteiger charge is -2.36. The van der Waals surface area contributed by atoms with E-state index in [1.165, 1.54) is 6.07 Å². The van der Waals surface area contributed by atoms with Crippen molar-refractivity contribution in [2.45, 2.75) is 13.0 Å². The molecule has 5 nitrogen and oxygen atoms in total. The Labute approximate surface area is 135 Å². The maximum Gasteiger partial charge on any atom is 0.257 e. The van der Waals surface area contributed by atoms with Gasteiger partial charge < -0.3 is 15.0 Å². The number of hydrogen-bond acceptors (Lipinski definition) is 4. The number of nitrogens with one attached hydrogen (secondary N) is 1. The van der Waals surface area contributed by atoms with E-state index in [0.29, 0.717) is 6.54 Å². The Bertz CT molecular complexity index is 534. The molecule has 1 aliphatic heterocycles. The van der Waals surface area contributed by atoms with Gasteiger partial charge in [0.1, 0.15) is 5.82 Å². The number of piperazine rings is 1. The maximum absolute atomic E-state index is 13.4. The van der Waals surface area contributed by atoms with E-state index in [2.05, 4.69) is 29.1 Å². The van der Waals surface area contributed by atoms with Gasteiger partial charge in [0.25, 0.3) is 5.91 Å². The summed E-state index contributed by atoms with van der Waals surface area (Å²) in [5.41, 5.74) is 0. The van der Waals surface area contributed by atoms with E-state index in [9.17, 15) is 13.6 Å². The SMILES string of the molecule is C[C@@H](CNC(=O)COc1ccc(F)cc1F)N1CCN(C)CC1. The second-order valence-electron chi connectivity index (χ2n) is 5.86. The summed E-state index contributed by atoms with van der Waals surface area (Å²) < 4.78 is 31.2. The molecule has 0 bridgehead atoms. The Morgan fingerprint density at radius 3 is 2.65 bits per heavy atom. The Morgan fingerprint density at radius 1 is 1.30 bits per heavy atom. The molecule has 0 spiro atoms. The molecule has 1 aromatic rings. The lowest BCUT2D eigenvalue weighted by Crippen LogP contribution is -2.51. The van der Waals surface area contributed by atoms with Gasteiger partial charge in [0.2, 0.25) is 0 Å². The topological polar surface area (TPSA) is 44.8 Å². The third-order valence-electron chi connectivity index (χ3n) is 4.01. The highest BCUT2D eigenvalue weighted by Crippen LogP contribution is 2.17. The standard InChI is InChI=1S/C16H23F2N3O2/c1-12(21-7-5-20(2)6-8-21)10-19-16(22)11-23-15-4-3-13(17)9-14(15)18/h3-4,9,12H,5-8,10-11H2,1-2H3,(H,19,22)/t12-/m0/s1. The molecule has 1 amide bonds. The largest absolute Gasteiger partial charge is 0.481 e. The van der Waals surface area contributed by atoms with E-state index >= 15 is 0 Å². The molecule has 128 valence electrons. The fourth-order valence-corrected chi connectivity index (χ4v) is 2.44. The monoisotopic (exact) mass is 327 g/mol. The maximum atomic E-state index is 13.4. The first-order valence-electron chi connectivity index (χ1n) is 7.73.